The molecule has 3 heterocycles. The third-order valence-corrected chi connectivity index (χ3v) is 5.47. The molecule has 7 nitrogen and oxygen atoms in total. The van der Waals surface area contributed by atoms with Gasteiger partial charge < -0.3 is 4.98 Å². The quantitative estimate of drug-likeness (QED) is 0.347. The second-order valence-electron chi connectivity index (χ2n) is 7.79. The Morgan fingerprint density at radius 2 is 1.76 bits per heavy atom. The lowest BCUT2D eigenvalue weighted by Gasteiger charge is -2.06. The number of carbonyl (C=O) groups excluding carboxylic acids is 2. The SMILES string of the molecule is CCCC(=O)c1cc(-c2ccncc2)cc2[nH]c(NC(=O)c3cc4ccccc4cn3)nc12. The molecule has 33 heavy (non-hydrogen) atoms. The maximum atomic E-state index is 12.9. The highest BCUT2D eigenvalue weighted by Crippen LogP contribution is 2.28. The fourth-order valence-corrected chi connectivity index (χ4v) is 3.84. The lowest BCUT2D eigenvalue weighted by atomic mass is 9.99. The molecule has 7 heteroatoms. The summed E-state index contributed by atoms with van der Waals surface area (Å²) in [7, 11) is 0. The minimum absolute atomic E-state index is 0.0129. The topological polar surface area (TPSA) is 101 Å². The van der Waals surface area contributed by atoms with E-state index in [0.717, 1.165) is 28.3 Å². The molecule has 3 aromatic heterocycles. The first-order valence-electron chi connectivity index (χ1n) is 10.8. The smallest absolute Gasteiger partial charge is 0.276 e. The summed E-state index contributed by atoms with van der Waals surface area (Å²) >= 11 is 0. The first kappa shape index (κ1) is 20.5. The number of imidazole rings is 1. The van der Waals surface area contributed by atoms with Gasteiger partial charge in [0, 0.05) is 36.0 Å². The van der Waals surface area contributed by atoms with Crippen LogP contribution in [0.25, 0.3) is 32.9 Å². The number of H-pyrrole nitrogens is 1. The van der Waals surface area contributed by atoms with Crippen molar-refractivity contribution in [1.82, 2.24) is 19.9 Å². The van der Waals surface area contributed by atoms with Crippen LogP contribution in [0, 0.1) is 0 Å². The summed E-state index contributed by atoms with van der Waals surface area (Å²) in [6, 6.07) is 17.0. The third-order valence-electron chi connectivity index (χ3n) is 5.47. The van der Waals surface area contributed by atoms with E-state index < -0.39 is 0 Å². The molecule has 5 aromatic rings. The highest BCUT2D eigenvalue weighted by molar-refractivity contribution is 6.09. The van der Waals surface area contributed by atoms with E-state index in [1.807, 2.05) is 55.5 Å². The second kappa shape index (κ2) is 8.63. The number of ketones is 1. The maximum Gasteiger partial charge on any atom is 0.276 e. The summed E-state index contributed by atoms with van der Waals surface area (Å²) in [6.45, 7) is 1.97. The monoisotopic (exact) mass is 435 g/mol. The number of amides is 1. The number of aromatic nitrogens is 4. The van der Waals surface area contributed by atoms with E-state index in [9.17, 15) is 9.59 Å². The number of pyridine rings is 2. The highest BCUT2D eigenvalue weighted by Gasteiger charge is 2.18. The van der Waals surface area contributed by atoms with Gasteiger partial charge in [-0.2, -0.15) is 0 Å². The molecule has 0 aliphatic heterocycles. The summed E-state index contributed by atoms with van der Waals surface area (Å²) in [6.07, 6.45) is 6.25. The molecule has 0 fully saturated rings. The molecule has 2 N–H and O–H groups in total. The van der Waals surface area contributed by atoms with Gasteiger partial charge in [0.15, 0.2) is 5.78 Å². The standard InChI is InChI=1S/C26H21N5O2/c1-2-5-23(32)20-12-19(16-8-10-27-11-9-16)14-21-24(20)30-26(29-21)31-25(33)22-13-17-6-3-4-7-18(17)15-28-22/h3-4,6-15H,2,5H2,1H3,(H2,29,30,31,33). The number of fused-ring (bicyclic) bond motifs is 2. The Labute approximate surface area is 189 Å². The number of benzene rings is 2. The van der Waals surface area contributed by atoms with E-state index in [2.05, 4.69) is 25.3 Å². The lowest BCUT2D eigenvalue weighted by Crippen LogP contribution is -2.14. The van der Waals surface area contributed by atoms with Crippen LogP contribution in [0.2, 0.25) is 0 Å². The predicted octanol–water partition coefficient (Wildman–Crippen LogP) is 5.41. The molecule has 1 amide bonds. The first-order valence-corrected chi connectivity index (χ1v) is 10.8. The molecule has 0 spiro atoms. The number of hydrogen-bond donors (Lipinski definition) is 2. The number of rotatable bonds is 6. The lowest BCUT2D eigenvalue weighted by molar-refractivity contribution is 0.0981. The average Bonchev–Trinajstić information content (AvgIpc) is 3.26. The van der Waals surface area contributed by atoms with Gasteiger partial charge in [0.2, 0.25) is 5.95 Å². The normalized spacial score (nSPS) is 11.1. The van der Waals surface area contributed by atoms with Crippen LogP contribution in [0.15, 0.2) is 73.2 Å². The molecule has 2 aromatic carbocycles. The third kappa shape index (κ3) is 4.08. The van der Waals surface area contributed by atoms with Gasteiger partial charge in [0.25, 0.3) is 5.91 Å². The zero-order valence-corrected chi connectivity index (χ0v) is 18.0. The Hall–Kier alpha value is -4.39. The Morgan fingerprint density at radius 1 is 0.970 bits per heavy atom. The Bertz CT molecular complexity index is 1490. The van der Waals surface area contributed by atoms with Crippen molar-refractivity contribution in [3.63, 3.8) is 0 Å². The van der Waals surface area contributed by atoms with Crippen molar-refractivity contribution in [3.8, 4) is 11.1 Å². The van der Waals surface area contributed by atoms with Crippen LogP contribution in [0.5, 0.6) is 0 Å². The van der Waals surface area contributed by atoms with Crippen LogP contribution in [-0.2, 0) is 0 Å². The van der Waals surface area contributed by atoms with Crippen LogP contribution >= 0.6 is 0 Å². The number of anilines is 1. The molecule has 0 unspecified atom stereocenters. The van der Waals surface area contributed by atoms with Gasteiger partial charge in [-0.15, -0.1) is 0 Å². The van der Waals surface area contributed by atoms with Crippen molar-refractivity contribution in [2.75, 3.05) is 5.32 Å². The van der Waals surface area contributed by atoms with Crippen molar-refractivity contribution in [1.29, 1.82) is 0 Å². The van der Waals surface area contributed by atoms with Crippen molar-refractivity contribution in [2.45, 2.75) is 19.8 Å². The van der Waals surface area contributed by atoms with Crippen LogP contribution in [0.4, 0.5) is 5.95 Å². The Morgan fingerprint density at radius 3 is 2.55 bits per heavy atom. The maximum absolute atomic E-state index is 12.9. The predicted molar refractivity (Wildman–Crippen MR) is 128 cm³/mol. The van der Waals surface area contributed by atoms with E-state index in [4.69, 9.17) is 0 Å². The second-order valence-corrected chi connectivity index (χ2v) is 7.79. The van der Waals surface area contributed by atoms with E-state index in [0.29, 0.717) is 23.0 Å². The van der Waals surface area contributed by atoms with E-state index in [1.54, 1.807) is 24.7 Å². The highest BCUT2D eigenvalue weighted by atomic mass is 16.2. The first-order chi connectivity index (χ1) is 16.1. The van der Waals surface area contributed by atoms with Gasteiger partial charge in [-0.3, -0.25) is 24.9 Å². The number of aromatic amines is 1. The molecule has 0 saturated carbocycles. The van der Waals surface area contributed by atoms with Crippen LogP contribution in [0.1, 0.15) is 40.6 Å². The summed E-state index contributed by atoms with van der Waals surface area (Å²) in [5, 5.41) is 4.67. The number of hydrogen-bond acceptors (Lipinski definition) is 5. The summed E-state index contributed by atoms with van der Waals surface area (Å²) in [4.78, 5) is 41.7. The van der Waals surface area contributed by atoms with Crippen molar-refractivity contribution >= 4 is 39.4 Å². The van der Waals surface area contributed by atoms with Gasteiger partial charge in [-0.1, -0.05) is 31.2 Å². The van der Waals surface area contributed by atoms with Crippen LogP contribution in [0.3, 0.4) is 0 Å². The summed E-state index contributed by atoms with van der Waals surface area (Å²) in [5.41, 5.74) is 3.84. The largest absolute Gasteiger partial charge is 0.324 e. The van der Waals surface area contributed by atoms with Gasteiger partial charge in [0.1, 0.15) is 11.2 Å². The minimum atomic E-state index is -0.379. The number of nitrogens with zero attached hydrogens (tertiary/aromatic N) is 3. The van der Waals surface area contributed by atoms with Crippen LogP contribution < -0.4 is 5.32 Å². The molecular formula is C26H21N5O2. The number of carbonyl (C=O) groups is 2. The average molecular weight is 435 g/mol. The van der Waals surface area contributed by atoms with Crippen LogP contribution in [-0.4, -0.2) is 31.6 Å². The molecule has 5 rings (SSSR count). The molecule has 0 radical (unpaired) electrons. The minimum Gasteiger partial charge on any atom is -0.324 e. The number of Topliss-reactive ketones (excluding diaryl/α,β-unsaturated/α-hetero) is 1. The summed E-state index contributed by atoms with van der Waals surface area (Å²) < 4.78 is 0. The van der Waals surface area contributed by atoms with E-state index in [1.165, 1.54) is 0 Å². The van der Waals surface area contributed by atoms with Crippen molar-refractivity contribution in [3.05, 3.63) is 84.4 Å². The molecule has 0 aliphatic carbocycles. The zero-order chi connectivity index (χ0) is 22.8. The zero-order valence-electron chi connectivity index (χ0n) is 18.0. The van der Waals surface area contributed by atoms with Crippen molar-refractivity contribution in [2.24, 2.45) is 0 Å². The molecule has 162 valence electrons. The number of nitrogens with one attached hydrogen (secondary N) is 2. The van der Waals surface area contributed by atoms with Gasteiger partial charge in [-0.05, 0) is 53.3 Å². The molecule has 0 atom stereocenters. The van der Waals surface area contributed by atoms with Crippen molar-refractivity contribution < 1.29 is 9.59 Å². The van der Waals surface area contributed by atoms with Gasteiger partial charge in [0.05, 0.1) is 5.52 Å². The van der Waals surface area contributed by atoms with Gasteiger partial charge in [-0.25, -0.2) is 4.98 Å². The summed E-state index contributed by atoms with van der Waals surface area (Å²) in [5.74, 6) is -0.100. The fraction of sp³-hybridized carbons (Fsp3) is 0.115. The van der Waals surface area contributed by atoms with E-state index in [-0.39, 0.29) is 23.3 Å². The molecule has 0 aliphatic rings. The molecule has 0 saturated heterocycles. The fourth-order valence-electron chi connectivity index (χ4n) is 3.84. The molecule has 0 bridgehead atoms. The molecular weight excluding hydrogens is 414 g/mol. The van der Waals surface area contributed by atoms with Gasteiger partial charge >= 0.3 is 0 Å². The van der Waals surface area contributed by atoms with E-state index >= 15 is 0 Å². The Kier molecular flexibility index (Phi) is 5.36. The Balaban J connectivity index is 1.52.